The molecule has 0 saturated heterocycles. The predicted molar refractivity (Wildman–Crippen MR) is 99.8 cm³/mol. The molecule has 3 rings (SSSR count). The van der Waals surface area contributed by atoms with Crippen molar-refractivity contribution in [3.63, 3.8) is 0 Å². The molecule has 3 aromatic heterocycles. The molecular formula is C18H18N6S. The molecule has 0 aliphatic carbocycles. The summed E-state index contributed by atoms with van der Waals surface area (Å²) in [4.78, 5) is 13.1. The molecule has 0 spiro atoms. The number of thioether (sulfide) groups is 1. The number of aromatic nitrogens is 4. The van der Waals surface area contributed by atoms with Gasteiger partial charge < -0.3 is 10.3 Å². The molecule has 0 aliphatic heterocycles. The Bertz CT molecular complexity index is 924. The predicted octanol–water partition coefficient (Wildman–Crippen LogP) is 3.50. The van der Waals surface area contributed by atoms with Gasteiger partial charge in [0.05, 0.1) is 5.69 Å². The summed E-state index contributed by atoms with van der Waals surface area (Å²) in [5.74, 6) is 1.19. The molecule has 0 aromatic carbocycles. The summed E-state index contributed by atoms with van der Waals surface area (Å²) in [7, 11) is 1.94. The van der Waals surface area contributed by atoms with Gasteiger partial charge >= 0.3 is 0 Å². The van der Waals surface area contributed by atoms with Crippen molar-refractivity contribution >= 4 is 17.6 Å². The van der Waals surface area contributed by atoms with Crippen LogP contribution in [0.5, 0.6) is 0 Å². The van der Waals surface area contributed by atoms with E-state index in [2.05, 4.69) is 27.9 Å². The van der Waals surface area contributed by atoms with Crippen molar-refractivity contribution in [3.8, 4) is 28.5 Å². The maximum atomic E-state index is 9.48. The second-order valence-corrected chi connectivity index (χ2v) is 6.66. The number of nitrogen functional groups attached to an aromatic ring is 1. The zero-order valence-electron chi connectivity index (χ0n) is 14.1. The molecule has 0 unspecified atom stereocenters. The summed E-state index contributed by atoms with van der Waals surface area (Å²) in [5.41, 5.74) is 9.48. The Labute approximate surface area is 150 Å². The molecule has 0 atom stereocenters. The molecule has 0 radical (unpaired) electrons. The molecule has 3 aromatic rings. The standard InChI is InChI=1S/C18H18N6S/c1-3-6-25-18-21-9-13(10-22-18)14-7-16(12-4-5-24(2)11-12)23-17(20)15(14)8-19/h4-5,7,9-11H,3,6H2,1-2H3,(H2,20,23). The van der Waals surface area contributed by atoms with E-state index >= 15 is 0 Å². The van der Waals surface area contributed by atoms with Gasteiger partial charge in [-0.2, -0.15) is 5.26 Å². The maximum absolute atomic E-state index is 9.48. The lowest BCUT2D eigenvalue weighted by atomic mass is 10.0. The molecule has 2 N–H and O–H groups in total. The van der Waals surface area contributed by atoms with Crippen molar-refractivity contribution in [1.82, 2.24) is 19.5 Å². The van der Waals surface area contributed by atoms with Crippen LogP contribution in [0.1, 0.15) is 18.9 Å². The van der Waals surface area contributed by atoms with Crippen molar-refractivity contribution in [2.24, 2.45) is 7.05 Å². The molecule has 0 amide bonds. The highest BCUT2D eigenvalue weighted by atomic mass is 32.2. The number of nitrogens with zero attached hydrogens (tertiary/aromatic N) is 5. The molecule has 25 heavy (non-hydrogen) atoms. The fraction of sp³-hybridized carbons (Fsp3) is 0.222. The zero-order chi connectivity index (χ0) is 17.8. The summed E-state index contributed by atoms with van der Waals surface area (Å²) < 4.78 is 1.94. The number of nitriles is 1. The van der Waals surface area contributed by atoms with Gasteiger partial charge in [0.25, 0.3) is 0 Å². The fourth-order valence-corrected chi connectivity index (χ4v) is 3.08. The topological polar surface area (TPSA) is 93.4 Å². The minimum Gasteiger partial charge on any atom is -0.383 e. The number of aryl methyl sites for hydroxylation is 1. The van der Waals surface area contributed by atoms with E-state index in [1.807, 2.05) is 36.1 Å². The lowest BCUT2D eigenvalue weighted by molar-refractivity contribution is 0.928. The van der Waals surface area contributed by atoms with Crippen molar-refractivity contribution in [1.29, 1.82) is 5.26 Å². The van der Waals surface area contributed by atoms with Gasteiger partial charge in [-0.05, 0) is 18.6 Å². The van der Waals surface area contributed by atoms with Gasteiger partial charge in [-0.3, -0.25) is 0 Å². The second kappa shape index (κ2) is 7.36. The number of hydrogen-bond acceptors (Lipinski definition) is 6. The first kappa shape index (κ1) is 17.0. The third kappa shape index (κ3) is 3.64. The molecule has 7 heteroatoms. The van der Waals surface area contributed by atoms with Crippen molar-refractivity contribution in [2.45, 2.75) is 18.5 Å². The SMILES string of the molecule is CCCSc1ncc(-c2cc(-c3ccn(C)c3)nc(N)c2C#N)cn1. The Morgan fingerprint density at radius 2 is 2.04 bits per heavy atom. The zero-order valence-corrected chi connectivity index (χ0v) is 14.9. The largest absolute Gasteiger partial charge is 0.383 e. The lowest BCUT2D eigenvalue weighted by Crippen LogP contribution is -2.00. The van der Waals surface area contributed by atoms with Crippen LogP contribution in [-0.2, 0) is 7.05 Å². The van der Waals surface area contributed by atoms with E-state index < -0.39 is 0 Å². The van der Waals surface area contributed by atoms with Gasteiger partial charge in [0.1, 0.15) is 17.5 Å². The van der Waals surface area contributed by atoms with E-state index in [9.17, 15) is 5.26 Å². The van der Waals surface area contributed by atoms with Crippen LogP contribution in [-0.4, -0.2) is 25.3 Å². The first-order chi connectivity index (χ1) is 12.1. The highest BCUT2D eigenvalue weighted by Gasteiger charge is 2.14. The summed E-state index contributed by atoms with van der Waals surface area (Å²) in [6.45, 7) is 2.12. The Morgan fingerprint density at radius 1 is 1.28 bits per heavy atom. The molecular weight excluding hydrogens is 332 g/mol. The van der Waals surface area contributed by atoms with E-state index in [1.165, 1.54) is 0 Å². The number of nitrogens with two attached hydrogens (primary N) is 1. The molecule has 0 aliphatic rings. The summed E-state index contributed by atoms with van der Waals surface area (Å²) in [6, 6.07) is 5.96. The minimum absolute atomic E-state index is 0.211. The molecule has 0 bridgehead atoms. The second-order valence-electron chi connectivity index (χ2n) is 5.60. The van der Waals surface area contributed by atoms with Crippen LogP contribution < -0.4 is 5.73 Å². The maximum Gasteiger partial charge on any atom is 0.187 e. The summed E-state index contributed by atoms with van der Waals surface area (Å²) in [5, 5.41) is 10.2. The summed E-state index contributed by atoms with van der Waals surface area (Å²) in [6.07, 6.45) is 8.42. The molecule has 0 fully saturated rings. The summed E-state index contributed by atoms with van der Waals surface area (Å²) >= 11 is 1.61. The van der Waals surface area contributed by atoms with Crippen LogP contribution in [0.25, 0.3) is 22.4 Å². The molecule has 3 heterocycles. The Morgan fingerprint density at radius 3 is 2.64 bits per heavy atom. The van der Waals surface area contributed by atoms with Crippen LogP contribution in [0.3, 0.4) is 0 Å². The van der Waals surface area contributed by atoms with Crippen molar-refractivity contribution in [3.05, 3.63) is 42.5 Å². The monoisotopic (exact) mass is 350 g/mol. The first-order valence-corrected chi connectivity index (χ1v) is 8.89. The lowest BCUT2D eigenvalue weighted by Gasteiger charge is -2.09. The highest BCUT2D eigenvalue weighted by molar-refractivity contribution is 7.99. The number of anilines is 1. The average molecular weight is 350 g/mol. The van der Waals surface area contributed by atoms with Crippen molar-refractivity contribution in [2.75, 3.05) is 11.5 Å². The van der Waals surface area contributed by atoms with Crippen LogP contribution in [0.4, 0.5) is 5.82 Å². The number of rotatable bonds is 5. The van der Waals surface area contributed by atoms with E-state index in [0.717, 1.165) is 34.2 Å². The first-order valence-electron chi connectivity index (χ1n) is 7.90. The van der Waals surface area contributed by atoms with Crippen LogP contribution in [0.2, 0.25) is 0 Å². The van der Waals surface area contributed by atoms with Crippen molar-refractivity contribution < 1.29 is 0 Å². The van der Waals surface area contributed by atoms with Gasteiger partial charge in [-0.25, -0.2) is 15.0 Å². The highest BCUT2D eigenvalue weighted by Crippen LogP contribution is 2.31. The molecule has 6 nitrogen and oxygen atoms in total. The molecule has 0 saturated carbocycles. The smallest absolute Gasteiger partial charge is 0.187 e. The number of hydrogen-bond donors (Lipinski definition) is 1. The van der Waals surface area contributed by atoms with Crippen LogP contribution in [0.15, 0.2) is 42.1 Å². The van der Waals surface area contributed by atoms with Crippen LogP contribution >= 0.6 is 11.8 Å². The quantitative estimate of drug-likeness (QED) is 0.559. The average Bonchev–Trinajstić information content (AvgIpc) is 3.06. The van der Waals surface area contributed by atoms with E-state index in [4.69, 9.17) is 5.73 Å². The van der Waals surface area contributed by atoms with E-state index in [1.54, 1.807) is 24.2 Å². The Balaban J connectivity index is 2.05. The van der Waals surface area contributed by atoms with E-state index in [0.29, 0.717) is 11.1 Å². The third-order valence-electron chi connectivity index (χ3n) is 3.66. The van der Waals surface area contributed by atoms with Gasteiger partial charge in [0.15, 0.2) is 5.16 Å². The third-order valence-corrected chi connectivity index (χ3v) is 4.74. The van der Waals surface area contributed by atoms with Gasteiger partial charge in [0.2, 0.25) is 0 Å². The Hall–Kier alpha value is -2.85. The minimum atomic E-state index is 0.211. The fourth-order valence-electron chi connectivity index (χ4n) is 2.44. The van der Waals surface area contributed by atoms with Gasteiger partial charge in [-0.1, -0.05) is 18.7 Å². The van der Waals surface area contributed by atoms with E-state index in [-0.39, 0.29) is 5.82 Å². The van der Waals surface area contributed by atoms with Gasteiger partial charge in [0, 0.05) is 54.3 Å². The number of pyridine rings is 1. The molecule has 126 valence electrons. The van der Waals surface area contributed by atoms with Gasteiger partial charge in [-0.15, -0.1) is 0 Å². The Kier molecular flexibility index (Phi) is 5.00. The van der Waals surface area contributed by atoms with Crippen LogP contribution in [0, 0.1) is 11.3 Å². The normalized spacial score (nSPS) is 10.6.